The van der Waals surface area contributed by atoms with Crippen molar-refractivity contribution in [3.05, 3.63) is 24.2 Å². The van der Waals surface area contributed by atoms with Crippen molar-refractivity contribution >= 4 is 5.96 Å². The lowest BCUT2D eigenvalue weighted by Crippen LogP contribution is -2.43. The van der Waals surface area contributed by atoms with E-state index in [1.807, 2.05) is 19.2 Å². The second-order valence-electron chi connectivity index (χ2n) is 6.09. The van der Waals surface area contributed by atoms with Gasteiger partial charge in [0.15, 0.2) is 11.7 Å². The lowest BCUT2D eigenvalue weighted by atomic mass is 10.2. The minimum atomic E-state index is 0.548. The van der Waals surface area contributed by atoms with Crippen molar-refractivity contribution in [2.45, 2.75) is 32.9 Å². The largest absolute Gasteiger partial charge is 0.461 e. The van der Waals surface area contributed by atoms with Gasteiger partial charge in [-0.05, 0) is 31.6 Å². The van der Waals surface area contributed by atoms with Gasteiger partial charge in [0.1, 0.15) is 5.82 Å². The van der Waals surface area contributed by atoms with E-state index in [9.17, 15) is 0 Å². The number of hydrogen-bond donors (Lipinski definition) is 2. The second kappa shape index (κ2) is 8.15. The van der Waals surface area contributed by atoms with Crippen LogP contribution in [0.4, 0.5) is 0 Å². The Morgan fingerprint density at radius 2 is 2.32 bits per heavy atom. The summed E-state index contributed by atoms with van der Waals surface area (Å²) in [6.07, 6.45) is 2.79. The van der Waals surface area contributed by atoms with Crippen molar-refractivity contribution in [2.75, 3.05) is 33.2 Å². The van der Waals surface area contributed by atoms with Crippen LogP contribution in [0.2, 0.25) is 0 Å². The van der Waals surface area contributed by atoms with Gasteiger partial charge in [-0.3, -0.25) is 15.0 Å². The van der Waals surface area contributed by atoms with Crippen LogP contribution in [0.3, 0.4) is 0 Å². The highest BCUT2D eigenvalue weighted by molar-refractivity contribution is 5.80. The van der Waals surface area contributed by atoms with Crippen molar-refractivity contribution in [1.82, 2.24) is 30.3 Å². The number of aliphatic imine (C=N–C) groups is 1. The van der Waals surface area contributed by atoms with Gasteiger partial charge in [0.05, 0.1) is 12.8 Å². The third-order valence-corrected chi connectivity index (χ3v) is 4.69. The molecule has 1 unspecified atom stereocenters. The quantitative estimate of drug-likeness (QED) is 0.610. The van der Waals surface area contributed by atoms with E-state index in [0.29, 0.717) is 24.2 Å². The molecule has 136 valence electrons. The van der Waals surface area contributed by atoms with Gasteiger partial charge in [0.2, 0.25) is 5.82 Å². The number of aromatic amines is 1. The van der Waals surface area contributed by atoms with Crippen LogP contribution < -0.4 is 5.32 Å². The van der Waals surface area contributed by atoms with Gasteiger partial charge in [-0.1, -0.05) is 13.8 Å². The molecule has 1 aliphatic heterocycles. The van der Waals surface area contributed by atoms with Crippen molar-refractivity contribution < 1.29 is 4.42 Å². The number of nitrogens with zero attached hydrogens (tertiary/aromatic N) is 5. The fraction of sp³-hybridized carbons (Fsp3) is 0.588. The molecule has 1 saturated heterocycles. The molecule has 3 rings (SSSR count). The molecule has 0 amide bonds. The standard InChI is InChI=1S/C17H27N7O/c1-4-23(5-2)13-8-9-24(12-13)17(18-3)19-11-15-20-16(22-21-15)14-7-6-10-25-14/h6-7,10,13H,4-5,8-9,11-12H2,1-3H3,(H,18,19)(H,20,21,22). The normalized spacial score (nSPS) is 18.3. The van der Waals surface area contributed by atoms with Crippen LogP contribution in [0.1, 0.15) is 26.1 Å². The molecule has 1 aliphatic rings. The Kier molecular flexibility index (Phi) is 5.70. The van der Waals surface area contributed by atoms with E-state index in [2.05, 4.69) is 49.1 Å². The minimum absolute atomic E-state index is 0.548. The Labute approximate surface area is 148 Å². The minimum Gasteiger partial charge on any atom is -0.461 e. The first-order valence-electron chi connectivity index (χ1n) is 8.89. The number of rotatable bonds is 6. The fourth-order valence-electron chi connectivity index (χ4n) is 3.36. The van der Waals surface area contributed by atoms with Gasteiger partial charge in [-0.2, -0.15) is 0 Å². The van der Waals surface area contributed by atoms with Gasteiger partial charge < -0.3 is 14.6 Å². The topological polar surface area (TPSA) is 85.6 Å². The third kappa shape index (κ3) is 4.01. The van der Waals surface area contributed by atoms with E-state index < -0.39 is 0 Å². The molecular formula is C17H27N7O. The van der Waals surface area contributed by atoms with Crippen LogP contribution in [-0.4, -0.2) is 70.2 Å². The lowest BCUT2D eigenvalue weighted by Gasteiger charge is -2.27. The molecule has 0 bridgehead atoms. The average molecular weight is 345 g/mol. The molecule has 0 aromatic carbocycles. The Balaban J connectivity index is 1.55. The number of aromatic nitrogens is 3. The van der Waals surface area contributed by atoms with Crippen LogP contribution in [0.25, 0.3) is 11.6 Å². The molecule has 8 nitrogen and oxygen atoms in total. The molecule has 2 aromatic heterocycles. The summed E-state index contributed by atoms with van der Waals surface area (Å²) in [5.74, 6) is 2.89. The predicted octanol–water partition coefficient (Wildman–Crippen LogP) is 1.56. The monoisotopic (exact) mass is 345 g/mol. The molecule has 0 aliphatic carbocycles. The molecule has 1 fully saturated rings. The zero-order chi connectivity index (χ0) is 17.6. The van der Waals surface area contributed by atoms with E-state index in [1.54, 1.807) is 6.26 Å². The number of likely N-dealkylation sites (N-methyl/N-ethyl adjacent to an activating group) is 1. The zero-order valence-corrected chi connectivity index (χ0v) is 15.2. The highest BCUT2D eigenvalue weighted by Gasteiger charge is 2.28. The van der Waals surface area contributed by atoms with Crippen molar-refractivity contribution in [3.8, 4) is 11.6 Å². The maximum absolute atomic E-state index is 5.31. The summed E-state index contributed by atoms with van der Waals surface area (Å²) >= 11 is 0. The smallest absolute Gasteiger partial charge is 0.216 e. The third-order valence-electron chi connectivity index (χ3n) is 4.69. The predicted molar refractivity (Wildman–Crippen MR) is 97.2 cm³/mol. The van der Waals surface area contributed by atoms with Gasteiger partial charge in [0, 0.05) is 26.2 Å². The molecule has 0 spiro atoms. The molecular weight excluding hydrogens is 318 g/mol. The highest BCUT2D eigenvalue weighted by atomic mass is 16.3. The van der Waals surface area contributed by atoms with E-state index in [4.69, 9.17) is 4.42 Å². The van der Waals surface area contributed by atoms with Crippen molar-refractivity contribution in [2.24, 2.45) is 4.99 Å². The number of furan rings is 1. The fourth-order valence-corrected chi connectivity index (χ4v) is 3.36. The van der Waals surface area contributed by atoms with Crippen LogP contribution in [0, 0.1) is 0 Å². The molecule has 1 atom stereocenters. The summed E-state index contributed by atoms with van der Waals surface area (Å²) in [7, 11) is 1.82. The Morgan fingerprint density at radius 3 is 3.00 bits per heavy atom. The first kappa shape index (κ1) is 17.5. The number of nitrogens with one attached hydrogen (secondary N) is 2. The highest BCUT2D eigenvalue weighted by Crippen LogP contribution is 2.16. The molecule has 25 heavy (non-hydrogen) atoms. The van der Waals surface area contributed by atoms with E-state index in [0.717, 1.165) is 38.0 Å². The summed E-state index contributed by atoms with van der Waals surface area (Å²) in [6.45, 7) is 9.21. The van der Waals surface area contributed by atoms with Gasteiger partial charge in [0.25, 0.3) is 0 Å². The van der Waals surface area contributed by atoms with Crippen molar-refractivity contribution in [3.63, 3.8) is 0 Å². The number of H-pyrrole nitrogens is 1. The zero-order valence-electron chi connectivity index (χ0n) is 15.2. The number of hydrogen-bond acceptors (Lipinski definition) is 5. The molecule has 0 radical (unpaired) electrons. The van der Waals surface area contributed by atoms with E-state index in [1.165, 1.54) is 6.42 Å². The SMILES string of the molecule is CCN(CC)C1CCN(C(=NC)NCc2nc(-c3ccco3)n[nH]2)C1. The maximum atomic E-state index is 5.31. The Morgan fingerprint density at radius 1 is 1.48 bits per heavy atom. The number of guanidine groups is 1. The van der Waals surface area contributed by atoms with Crippen LogP contribution >= 0.6 is 0 Å². The van der Waals surface area contributed by atoms with Gasteiger partial charge >= 0.3 is 0 Å². The van der Waals surface area contributed by atoms with Crippen LogP contribution in [-0.2, 0) is 6.54 Å². The summed E-state index contributed by atoms with van der Waals surface area (Å²) in [4.78, 5) is 13.7. The van der Waals surface area contributed by atoms with E-state index in [-0.39, 0.29) is 0 Å². The summed E-state index contributed by atoms with van der Waals surface area (Å²) in [5.41, 5.74) is 0. The molecule has 8 heteroatoms. The van der Waals surface area contributed by atoms with Crippen LogP contribution in [0.5, 0.6) is 0 Å². The van der Waals surface area contributed by atoms with E-state index >= 15 is 0 Å². The molecule has 2 N–H and O–H groups in total. The lowest BCUT2D eigenvalue weighted by molar-refractivity contribution is 0.223. The Bertz CT molecular complexity index is 675. The average Bonchev–Trinajstić information content (AvgIpc) is 3.38. The first-order chi connectivity index (χ1) is 12.2. The first-order valence-corrected chi connectivity index (χ1v) is 8.89. The second-order valence-corrected chi connectivity index (χ2v) is 6.09. The van der Waals surface area contributed by atoms with Gasteiger partial charge in [-0.25, -0.2) is 4.98 Å². The molecule has 3 heterocycles. The summed E-state index contributed by atoms with van der Waals surface area (Å²) < 4.78 is 5.31. The van der Waals surface area contributed by atoms with Crippen molar-refractivity contribution in [1.29, 1.82) is 0 Å². The molecule has 2 aromatic rings. The maximum Gasteiger partial charge on any atom is 0.216 e. The van der Waals surface area contributed by atoms with Crippen LogP contribution in [0.15, 0.2) is 27.8 Å². The Hall–Kier alpha value is -2.35. The summed E-state index contributed by atoms with van der Waals surface area (Å²) in [6, 6.07) is 4.27. The number of likely N-dealkylation sites (tertiary alicyclic amines) is 1. The van der Waals surface area contributed by atoms with Gasteiger partial charge in [-0.15, -0.1) is 5.10 Å². The summed E-state index contributed by atoms with van der Waals surface area (Å²) in [5, 5.41) is 10.5. The molecule has 0 saturated carbocycles.